The first-order valence-electron chi connectivity index (χ1n) is 9.40. The van der Waals surface area contributed by atoms with Crippen molar-refractivity contribution >= 4 is 29.1 Å². The second kappa shape index (κ2) is 7.72. The number of rotatable bonds is 3. The summed E-state index contributed by atoms with van der Waals surface area (Å²) in [5, 5.41) is 5.42. The number of piperazine rings is 1. The largest absolute Gasteiger partial charge is 0.368 e. The summed E-state index contributed by atoms with van der Waals surface area (Å²) in [5.74, 6) is -0.839. The molecule has 0 saturated carbocycles. The molecule has 1 fully saturated rings. The maximum atomic E-state index is 12.7. The molecule has 0 unspecified atom stereocenters. The third kappa shape index (κ3) is 3.69. The van der Waals surface area contributed by atoms with E-state index in [-0.39, 0.29) is 24.1 Å². The maximum absolute atomic E-state index is 12.7. The van der Waals surface area contributed by atoms with Gasteiger partial charge in [0.2, 0.25) is 11.8 Å². The number of carbonyl (C=O) groups excluding carboxylic acids is 3. The predicted molar refractivity (Wildman–Crippen MR) is 106 cm³/mol. The van der Waals surface area contributed by atoms with E-state index in [4.69, 9.17) is 0 Å². The Bertz CT molecular complexity index is 892. The molecule has 2 aliphatic rings. The molecule has 7 heteroatoms. The van der Waals surface area contributed by atoms with Crippen LogP contribution >= 0.6 is 0 Å². The van der Waals surface area contributed by atoms with Gasteiger partial charge >= 0.3 is 0 Å². The van der Waals surface area contributed by atoms with Crippen LogP contribution in [0.1, 0.15) is 16.8 Å². The second-order valence-corrected chi connectivity index (χ2v) is 6.97. The molecule has 0 aromatic heterocycles. The zero-order valence-corrected chi connectivity index (χ0v) is 15.4. The van der Waals surface area contributed by atoms with Crippen LogP contribution in [-0.2, 0) is 9.59 Å². The molecule has 144 valence electrons. The number of para-hydroxylation sites is 2. The van der Waals surface area contributed by atoms with Gasteiger partial charge in [-0.05, 0) is 24.3 Å². The Morgan fingerprint density at radius 2 is 1.61 bits per heavy atom. The summed E-state index contributed by atoms with van der Waals surface area (Å²) in [6.45, 7) is 2.67. The molecule has 28 heavy (non-hydrogen) atoms. The summed E-state index contributed by atoms with van der Waals surface area (Å²) in [4.78, 5) is 41.6. The van der Waals surface area contributed by atoms with Gasteiger partial charge in [0.15, 0.2) is 0 Å². The number of fused-ring (bicyclic) bond motifs is 1. The highest BCUT2D eigenvalue weighted by atomic mass is 16.2. The molecular weight excluding hydrogens is 356 g/mol. The lowest BCUT2D eigenvalue weighted by Crippen LogP contribution is -2.51. The van der Waals surface area contributed by atoms with E-state index in [1.165, 1.54) is 0 Å². The van der Waals surface area contributed by atoms with Gasteiger partial charge in [-0.25, -0.2) is 0 Å². The molecule has 1 atom stereocenters. The topological polar surface area (TPSA) is 81.8 Å². The minimum absolute atomic E-state index is 0.0447. The molecule has 3 amide bonds. The SMILES string of the molecule is O=C1N[C@@H](CC(=O)N2CCN(c3ccccc3)CC2)C(=O)Nc2ccccc21. The standard InChI is InChI=1S/C21H22N4O3/c26-19(25-12-10-24(11-13-25)15-6-2-1-3-7-15)14-18-21(28)22-17-9-5-4-8-16(17)20(27)23-18/h1-9,18H,10-14H2,(H,22,28)(H,23,27)/t18-/m0/s1. The summed E-state index contributed by atoms with van der Waals surface area (Å²) in [6.07, 6.45) is -0.0447. The van der Waals surface area contributed by atoms with Crippen molar-refractivity contribution in [1.82, 2.24) is 10.2 Å². The number of amides is 3. The highest BCUT2D eigenvalue weighted by molar-refractivity contribution is 6.10. The smallest absolute Gasteiger partial charge is 0.254 e. The Hall–Kier alpha value is -3.35. The van der Waals surface area contributed by atoms with E-state index in [2.05, 4.69) is 27.7 Å². The van der Waals surface area contributed by atoms with Crippen LogP contribution in [0.15, 0.2) is 54.6 Å². The maximum Gasteiger partial charge on any atom is 0.254 e. The lowest BCUT2D eigenvalue weighted by atomic mass is 10.1. The van der Waals surface area contributed by atoms with Gasteiger partial charge < -0.3 is 20.4 Å². The minimum atomic E-state index is -0.875. The van der Waals surface area contributed by atoms with E-state index in [0.29, 0.717) is 24.3 Å². The van der Waals surface area contributed by atoms with Crippen LogP contribution in [0.25, 0.3) is 0 Å². The third-order valence-corrected chi connectivity index (χ3v) is 5.18. The van der Waals surface area contributed by atoms with Crippen molar-refractivity contribution in [3.63, 3.8) is 0 Å². The first-order chi connectivity index (χ1) is 13.6. The Kier molecular flexibility index (Phi) is 4.97. The summed E-state index contributed by atoms with van der Waals surface area (Å²) in [7, 11) is 0. The third-order valence-electron chi connectivity index (χ3n) is 5.18. The van der Waals surface area contributed by atoms with Crippen LogP contribution in [-0.4, -0.2) is 54.8 Å². The monoisotopic (exact) mass is 378 g/mol. The van der Waals surface area contributed by atoms with Gasteiger partial charge in [-0.3, -0.25) is 14.4 Å². The van der Waals surface area contributed by atoms with Gasteiger partial charge in [-0.1, -0.05) is 30.3 Å². The summed E-state index contributed by atoms with van der Waals surface area (Å²) >= 11 is 0. The Morgan fingerprint density at radius 3 is 2.36 bits per heavy atom. The molecule has 7 nitrogen and oxygen atoms in total. The minimum Gasteiger partial charge on any atom is -0.368 e. The molecule has 2 heterocycles. The van der Waals surface area contributed by atoms with Crippen molar-refractivity contribution in [3.05, 3.63) is 60.2 Å². The van der Waals surface area contributed by atoms with E-state index in [1.807, 2.05) is 18.2 Å². The van der Waals surface area contributed by atoms with Crippen LogP contribution in [0, 0.1) is 0 Å². The zero-order chi connectivity index (χ0) is 19.5. The fourth-order valence-electron chi connectivity index (χ4n) is 3.61. The van der Waals surface area contributed by atoms with Crippen molar-refractivity contribution in [2.75, 3.05) is 36.4 Å². The van der Waals surface area contributed by atoms with Crippen LogP contribution in [0.4, 0.5) is 11.4 Å². The van der Waals surface area contributed by atoms with Crippen molar-refractivity contribution in [2.45, 2.75) is 12.5 Å². The molecule has 2 aromatic rings. The Morgan fingerprint density at radius 1 is 0.929 bits per heavy atom. The van der Waals surface area contributed by atoms with Crippen LogP contribution in [0.5, 0.6) is 0 Å². The molecule has 0 spiro atoms. The van der Waals surface area contributed by atoms with E-state index < -0.39 is 6.04 Å². The lowest BCUT2D eigenvalue weighted by Gasteiger charge is -2.36. The molecule has 4 rings (SSSR count). The van der Waals surface area contributed by atoms with Crippen LogP contribution in [0.2, 0.25) is 0 Å². The van der Waals surface area contributed by atoms with Gasteiger partial charge in [0.25, 0.3) is 5.91 Å². The fourth-order valence-corrected chi connectivity index (χ4v) is 3.61. The van der Waals surface area contributed by atoms with Gasteiger partial charge in [0, 0.05) is 31.9 Å². The summed E-state index contributed by atoms with van der Waals surface area (Å²) < 4.78 is 0. The van der Waals surface area contributed by atoms with Gasteiger partial charge in [0.1, 0.15) is 6.04 Å². The molecular formula is C21H22N4O3. The average Bonchev–Trinajstić information content (AvgIpc) is 2.85. The molecule has 2 N–H and O–H groups in total. The van der Waals surface area contributed by atoms with Gasteiger partial charge in [-0.2, -0.15) is 0 Å². The molecule has 0 bridgehead atoms. The second-order valence-electron chi connectivity index (χ2n) is 6.97. The number of carbonyl (C=O) groups is 3. The molecule has 0 radical (unpaired) electrons. The van der Waals surface area contributed by atoms with Gasteiger partial charge in [0.05, 0.1) is 17.7 Å². The first-order valence-corrected chi connectivity index (χ1v) is 9.40. The summed E-state index contributed by atoms with van der Waals surface area (Å²) in [6, 6.07) is 16.0. The lowest BCUT2D eigenvalue weighted by molar-refractivity contribution is -0.134. The Balaban J connectivity index is 1.37. The van der Waals surface area contributed by atoms with E-state index in [9.17, 15) is 14.4 Å². The highest BCUT2D eigenvalue weighted by Gasteiger charge is 2.31. The Labute approximate surface area is 163 Å². The number of hydrogen-bond acceptors (Lipinski definition) is 4. The van der Waals surface area contributed by atoms with E-state index in [0.717, 1.165) is 18.8 Å². The summed E-state index contributed by atoms with van der Waals surface area (Å²) in [5.41, 5.74) is 2.02. The van der Waals surface area contributed by atoms with Crippen molar-refractivity contribution in [3.8, 4) is 0 Å². The van der Waals surface area contributed by atoms with Gasteiger partial charge in [-0.15, -0.1) is 0 Å². The van der Waals surface area contributed by atoms with Crippen molar-refractivity contribution in [1.29, 1.82) is 0 Å². The van der Waals surface area contributed by atoms with Crippen molar-refractivity contribution < 1.29 is 14.4 Å². The molecule has 0 aliphatic carbocycles. The number of nitrogens with zero attached hydrogens (tertiary/aromatic N) is 2. The molecule has 1 saturated heterocycles. The fraction of sp³-hybridized carbons (Fsp3) is 0.286. The molecule has 2 aromatic carbocycles. The molecule has 2 aliphatic heterocycles. The van der Waals surface area contributed by atoms with Crippen molar-refractivity contribution in [2.24, 2.45) is 0 Å². The zero-order valence-electron chi connectivity index (χ0n) is 15.4. The number of nitrogens with one attached hydrogen (secondary N) is 2. The number of benzene rings is 2. The van der Waals surface area contributed by atoms with Crippen LogP contribution in [0.3, 0.4) is 0 Å². The number of anilines is 2. The average molecular weight is 378 g/mol. The van der Waals surface area contributed by atoms with E-state index in [1.54, 1.807) is 29.2 Å². The first kappa shape index (κ1) is 18.0. The highest BCUT2D eigenvalue weighted by Crippen LogP contribution is 2.20. The normalized spacial score (nSPS) is 19.4. The predicted octanol–water partition coefficient (Wildman–Crippen LogP) is 1.48. The van der Waals surface area contributed by atoms with Crippen LogP contribution < -0.4 is 15.5 Å². The quantitative estimate of drug-likeness (QED) is 0.848. The number of hydrogen-bond donors (Lipinski definition) is 2. The van der Waals surface area contributed by atoms with E-state index >= 15 is 0 Å².